The molecule has 17 heavy (non-hydrogen) atoms. The lowest BCUT2D eigenvalue weighted by molar-refractivity contribution is 0.174. The fourth-order valence-corrected chi connectivity index (χ4v) is 1.94. The van der Waals surface area contributed by atoms with E-state index in [1.807, 2.05) is 31.2 Å². The molecular weight excluding hydrogens is 210 g/mol. The van der Waals surface area contributed by atoms with Crippen molar-refractivity contribution in [3.63, 3.8) is 0 Å². The molecule has 0 aromatic heterocycles. The van der Waals surface area contributed by atoms with E-state index in [-0.39, 0.29) is 0 Å². The van der Waals surface area contributed by atoms with E-state index < -0.39 is 6.10 Å². The molecule has 0 aliphatic rings. The van der Waals surface area contributed by atoms with Crippen LogP contribution < -0.4 is 4.90 Å². The molecule has 0 radical (unpaired) electrons. The molecule has 2 heteroatoms. The van der Waals surface area contributed by atoms with Crippen LogP contribution in [0, 0.1) is 12.3 Å². The van der Waals surface area contributed by atoms with Crippen LogP contribution in [-0.4, -0.2) is 18.2 Å². The second kappa shape index (κ2) is 6.98. The number of aliphatic hydroxyl groups excluding tert-OH is 1. The quantitative estimate of drug-likeness (QED) is 0.761. The van der Waals surface area contributed by atoms with Crippen LogP contribution >= 0.6 is 0 Å². The minimum atomic E-state index is -0.414. The predicted octanol–water partition coefficient (Wildman–Crippen LogP) is 2.98. The van der Waals surface area contributed by atoms with E-state index in [1.54, 1.807) is 0 Å². The Bertz CT molecular complexity index is 381. The summed E-state index contributed by atoms with van der Waals surface area (Å²) < 4.78 is 0. The Labute approximate surface area is 104 Å². The number of terminal acetylenes is 1. The molecule has 0 heterocycles. The van der Waals surface area contributed by atoms with E-state index in [0.717, 1.165) is 24.2 Å². The lowest BCUT2D eigenvalue weighted by Gasteiger charge is -2.26. The maximum Gasteiger partial charge on any atom is 0.0807 e. The molecule has 0 unspecified atom stereocenters. The van der Waals surface area contributed by atoms with Gasteiger partial charge < -0.3 is 10.0 Å². The number of rotatable bonds is 6. The van der Waals surface area contributed by atoms with Gasteiger partial charge in [-0.25, -0.2) is 0 Å². The average molecular weight is 231 g/mol. The lowest BCUT2D eigenvalue weighted by atomic mass is 10.0. The van der Waals surface area contributed by atoms with E-state index in [1.165, 1.54) is 0 Å². The normalized spacial score (nSPS) is 11.9. The molecule has 1 aromatic carbocycles. The number of anilines is 1. The number of benzene rings is 1. The highest BCUT2D eigenvalue weighted by Gasteiger charge is 2.14. The zero-order chi connectivity index (χ0) is 12.7. The van der Waals surface area contributed by atoms with Crippen LogP contribution in [-0.2, 0) is 0 Å². The standard InChI is InChI=1S/C15H21NO/c1-4-11-16(12-5-2)14-10-8-7-9-13(14)15(17)6-3/h1,7-10,15,17H,5-6,11-12H2,2-3H3/t15-/m0/s1. The number of para-hydroxylation sites is 1. The van der Waals surface area contributed by atoms with Gasteiger partial charge in [0.05, 0.1) is 12.6 Å². The molecule has 0 aliphatic heterocycles. The van der Waals surface area contributed by atoms with Gasteiger partial charge in [0, 0.05) is 17.8 Å². The van der Waals surface area contributed by atoms with Crippen molar-refractivity contribution >= 4 is 5.69 Å². The van der Waals surface area contributed by atoms with Crippen LogP contribution in [0.3, 0.4) is 0 Å². The second-order valence-corrected chi connectivity index (χ2v) is 4.11. The molecule has 2 nitrogen and oxygen atoms in total. The predicted molar refractivity (Wildman–Crippen MR) is 73.0 cm³/mol. The van der Waals surface area contributed by atoms with Crippen molar-refractivity contribution in [2.75, 3.05) is 18.0 Å². The van der Waals surface area contributed by atoms with Crippen LogP contribution in [0.2, 0.25) is 0 Å². The van der Waals surface area contributed by atoms with Gasteiger partial charge in [0.25, 0.3) is 0 Å². The number of hydrogen-bond acceptors (Lipinski definition) is 2. The van der Waals surface area contributed by atoms with Gasteiger partial charge in [-0.3, -0.25) is 0 Å². The van der Waals surface area contributed by atoms with Crippen LogP contribution in [0.15, 0.2) is 24.3 Å². The third kappa shape index (κ3) is 3.51. The summed E-state index contributed by atoms with van der Waals surface area (Å²) in [5, 5.41) is 10.0. The summed E-state index contributed by atoms with van der Waals surface area (Å²) in [6, 6.07) is 7.95. The fraction of sp³-hybridized carbons (Fsp3) is 0.467. The SMILES string of the molecule is C#CCN(CCC)c1ccccc1[C@@H](O)CC. The monoisotopic (exact) mass is 231 g/mol. The molecular formula is C15H21NO. The van der Waals surface area contributed by atoms with E-state index >= 15 is 0 Å². The number of nitrogens with zero attached hydrogens (tertiary/aromatic N) is 1. The highest BCUT2D eigenvalue weighted by atomic mass is 16.3. The molecule has 0 spiro atoms. The molecule has 92 valence electrons. The van der Waals surface area contributed by atoms with E-state index in [2.05, 4.69) is 17.7 Å². The third-order valence-corrected chi connectivity index (χ3v) is 2.80. The summed E-state index contributed by atoms with van der Waals surface area (Å²) in [4.78, 5) is 2.15. The van der Waals surface area contributed by atoms with Gasteiger partial charge in [-0.05, 0) is 18.9 Å². The Morgan fingerprint density at radius 2 is 2.06 bits per heavy atom. The summed E-state index contributed by atoms with van der Waals surface area (Å²) in [5.41, 5.74) is 2.03. The first-order valence-electron chi connectivity index (χ1n) is 6.19. The summed E-state index contributed by atoms with van der Waals surface area (Å²) in [5.74, 6) is 2.68. The Hall–Kier alpha value is -1.46. The number of aliphatic hydroxyl groups is 1. The maximum absolute atomic E-state index is 10.0. The fourth-order valence-electron chi connectivity index (χ4n) is 1.94. The van der Waals surface area contributed by atoms with Crippen LogP contribution in [0.25, 0.3) is 0 Å². The number of hydrogen-bond donors (Lipinski definition) is 1. The molecule has 0 bridgehead atoms. The van der Waals surface area contributed by atoms with Gasteiger partial charge in [-0.15, -0.1) is 6.42 Å². The highest BCUT2D eigenvalue weighted by molar-refractivity contribution is 5.55. The Morgan fingerprint density at radius 3 is 2.65 bits per heavy atom. The van der Waals surface area contributed by atoms with Crippen LogP contribution in [0.1, 0.15) is 38.4 Å². The first-order valence-corrected chi connectivity index (χ1v) is 6.19. The van der Waals surface area contributed by atoms with Crippen LogP contribution in [0.4, 0.5) is 5.69 Å². The van der Waals surface area contributed by atoms with Crippen molar-refractivity contribution in [1.29, 1.82) is 0 Å². The van der Waals surface area contributed by atoms with Crippen molar-refractivity contribution in [3.05, 3.63) is 29.8 Å². The van der Waals surface area contributed by atoms with Gasteiger partial charge in [0.1, 0.15) is 0 Å². The van der Waals surface area contributed by atoms with Crippen molar-refractivity contribution in [1.82, 2.24) is 0 Å². The topological polar surface area (TPSA) is 23.5 Å². The molecule has 1 atom stereocenters. The van der Waals surface area contributed by atoms with Gasteiger partial charge in [-0.2, -0.15) is 0 Å². The van der Waals surface area contributed by atoms with E-state index in [4.69, 9.17) is 6.42 Å². The summed E-state index contributed by atoms with van der Waals surface area (Å²) in [7, 11) is 0. The van der Waals surface area contributed by atoms with Crippen molar-refractivity contribution < 1.29 is 5.11 Å². The molecule has 1 rings (SSSR count). The second-order valence-electron chi connectivity index (χ2n) is 4.11. The van der Waals surface area contributed by atoms with E-state index in [0.29, 0.717) is 13.0 Å². The van der Waals surface area contributed by atoms with Crippen molar-refractivity contribution in [3.8, 4) is 12.3 Å². The maximum atomic E-state index is 10.0. The van der Waals surface area contributed by atoms with Gasteiger partial charge >= 0.3 is 0 Å². The molecule has 0 aliphatic carbocycles. The zero-order valence-electron chi connectivity index (χ0n) is 10.7. The molecule has 1 aromatic rings. The minimum absolute atomic E-state index is 0.414. The molecule has 0 fully saturated rings. The van der Waals surface area contributed by atoms with Crippen LogP contribution in [0.5, 0.6) is 0 Å². The van der Waals surface area contributed by atoms with E-state index in [9.17, 15) is 5.11 Å². The first-order chi connectivity index (χ1) is 8.24. The van der Waals surface area contributed by atoms with Crippen molar-refractivity contribution in [2.24, 2.45) is 0 Å². The molecule has 0 saturated carbocycles. The third-order valence-electron chi connectivity index (χ3n) is 2.80. The summed E-state index contributed by atoms with van der Waals surface area (Å²) in [6.45, 7) is 5.61. The summed E-state index contributed by atoms with van der Waals surface area (Å²) in [6.07, 6.45) is 6.74. The van der Waals surface area contributed by atoms with Crippen molar-refractivity contribution in [2.45, 2.75) is 32.8 Å². The largest absolute Gasteiger partial charge is 0.388 e. The first kappa shape index (κ1) is 13.6. The smallest absolute Gasteiger partial charge is 0.0807 e. The molecule has 1 N–H and O–H groups in total. The lowest BCUT2D eigenvalue weighted by Crippen LogP contribution is -2.25. The molecule has 0 amide bonds. The van der Waals surface area contributed by atoms with Gasteiger partial charge in [0.15, 0.2) is 0 Å². The Balaban J connectivity index is 3.05. The minimum Gasteiger partial charge on any atom is -0.388 e. The van der Waals surface area contributed by atoms with Gasteiger partial charge in [0.2, 0.25) is 0 Å². The highest BCUT2D eigenvalue weighted by Crippen LogP contribution is 2.28. The zero-order valence-corrected chi connectivity index (χ0v) is 10.7. The Kier molecular flexibility index (Phi) is 5.59. The average Bonchev–Trinajstić information content (AvgIpc) is 2.37. The molecule has 0 saturated heterocycles. The Morgan fingerprint density at radius 1 is 1.35 bits per heavy atom. The summed E-state index contributed by atoms with van der Waals surface area (Å²) >= 11 is 0. The van der Waals surface area contributed by atoms with Gasteiger partial charge in [-0.1, -0.05) is 38.0 Å².